The molecule has 0 radical (unpaired) electrons. The third-order valence-electron chi connectivity index (χ3n) is 2.23. The minimum absolute atomic E-state index is 0.217. The molecule has 0 aliphatic rings. The Morgan fingerprint density at radius 2 is 1.73 bits per heavy atom. The predicted octanol–water partition coefficient (Wildman–Crippen LogP) is 2.22. The Bertz CT molecular complexity index is 495. The smallest absolute Gasteiger partial charge is 0.116 e. The van der Waals surface area contributed by atoms with Crippen LogP contribution in [0, 0.1) is 0 Å². The molecule has 0 spiro atoms. The van der Waals surface area contributed by atoms with E-state index in [1.807, 2.05) is 6.07 Å². The number of anilines is 2. The minimum atomic E-state index is 0.217. The van der Waals surface area contributed by atoms with Crippen LogP contribution in [0.15, 0.2) is 42.5 Å². The SMILES string of the molecule is Nc1ccc(N)c(-c2cccc(O)c2)c1. The van der Waals surface area contributed by atoms with Crippen LogP contribution < -0.4 is 11.5 Å². The normalized spacial score (nSPS) is 10.1. The fraction of sp³-hybridized carbons (Fsp3) is 0. The van der Waals surface area contributed by atoms with Gasteiger partial charge in [-0.25, -0.2) is 0 Å². The van der Waals surface area contributed by atoms with Crippen molar-refractivity contribution in [1.82, 2.24) is 0 Å². The molecule has 3 nitrogen and oxygen atoms in total. The van der Waals surface area contributed by atoms with Crippen molar-refractivity contribution < 1.29 is 5.11 Å². The molecule has 3 heteroatoms. The van der Waals surface area contributed by atoms with Gasteiger partial charge in [0.1, 0.15) is 5.75 Å². The summed E-state index contributed by atoms with van der Waals surface area (Å²) < 4.78 is 0. The molecule has 0 aromatic heterocycles. The summed E-state index contributed by atoms with van der Waals surface area (Å²) in [5, 5.41) is 9.36. The first kappa shape index (κ1) is 9.40. The number of phenolic OH excluding ortho intramolecular Hbond substituents is 1. The van der Waals surface area contributed by atoms with Crippen LogP contribution in [0.5, 0.6) is 5.75 Å². The number of benzene rings is 2. The highest BCUT2D eigenvalue weighted by Crippen LogP contribution is 2.29. The van der Waals surface area contributed by atoms with Gasteiger partial charge in [0.05, 0.1) is 0 Å². The van der Waals surface area contributed by atoms with E-state index in [0.29, 0.717) is 11.4 Å². The zero-order valence-electron chi connectivity index (χ0n) is 8.14. The maximum absolute atomic E-state index is 9.36. The Labute approximate surface area is 88.0 Å². The molecule has 2 aromatic carbocycles. The summed E-state index contributed by atoms with van der Waals surface area (Å²) in [5.74, 6) is 0.217. The van der Waals surface area contributed by atoms with Gasteiger partial charge in [-0.3, -0.25) is 0 Å². The van der Waals surface area contributed by atoms with Gasteiger partial charge < -0.3 is 16.6 Å². The zero-order chi connectivity index (χ0) is 10.8. The lowest BCUT2D eigenvalue weighted by Crippen LogP contribution is -1.92. The Hall–Kier alpha value is -2.16. The van der Waals surface area contributed by atoms with Crippen LogP contribution in [-0.2, 0) is 0 Å². The van der Waals surface area contributed by atoms with E-state index in [0.717, 1.165) is 11.1 Å². The quantitative estimate of drug-likeness (QED) is 0.618. The molecular weight excluding hydrogens is 188 g/mol. The van der Waals surface area contributed by atoms with Crippen LogP contribution in [0.25, 0.3) is 11.1 Å². The average Bonchev–Trinajstić information content (AvgIpc) is 2.22. The van der Waals surface area contributed by atoms with E-state index in [-0.39, 0.29) is 5.75 Å². The number of hydrogen-bond donors (Lipinski definition) is 3. The number of hydrogen-bond acceptors (Lipinski definition) is 3. The van der Waals surface area contributed by atoms with Crippen molar-refractivity contribution in [3.05, 3.63) is 42.5 Å². The van der Waals surface area contributed by atoms with Crippen LogP contribution in [0.4, 0.5) is 11.4 Å². The molecular formula is C12H12N2O. The third-order valence-corrected chi connectivity index (χ3v) is 2.23. The van der Waals surface area contributed by atoms with Crippen molar-refractivity contribution in [2.24, 2.45) is 0 Å². The molecule has 0 amide bonds. The van der Waals surface area contributed by atoms with Gasteiger partial charge >= 0.3 is 0 Å². The summed E-state index contributed by atoms with van der Waals surface area (Å²) in [7, 11) is 0. The summed E-state index contributed by atoms with van der Waals surface area (Å²) >= 11 is 0. The summed E-state index contributed by atoms with van der Waals surface area (Å²) in [4.78, 5) is 0. The highest BCUT2D eigenvalue weighted by Gasteiger charge is 2.03. The van der Waals surface area contributed by atoms with Gasteiger partial charge in [-0.05, 0) is 35.9 Å². The Balaban J connectivity index is 2.58. The molecule has 2 rings (SSSR count). The molecule has 0 aliphatic carbocycles. The van der Waals surface area contributed by atoms with Crippen molar-refractivity contribution in [3.8, 4) is 16.9 Å². The molecule has 76 valence electrons. The maximum Gasteiger partial charge on any atom is 0.116 e. The fourth-order valence-corrected chi connectivity index (χ4v) is 1.50. The average molecular weight is 200 g/mol. The van der Waals surface area contributed by atoms with E-state index < -0.39 is 0 Å². The van der Waals surface area contributed by atoms with E-state index in [9.17, 15) is 5.11 Å². The highest BCUT2D eigenvalue weighted by atomic mass is 16.3. The lowest BCUT2D eigenvalue weighted by atomic mass is 10.0. The van der Waals surface area contributed by atoms with Gasteiger partial charge in [-0.2, -0.15) is 0 Å². The van der Waals surface area contributed by atoms with Gasteiger partial charge in [0.2, 0.25) is 0 Å². The molecule has 0 bridgehead atoms. The number of rotatable bonds is 1. The summed E-state index contributed by atoms with van der Waals surface area (Å²) in [5.41, 5.74) is 14.5. The first-order valence-electron chi connectivity index (χ1n) is 4.61. The van der Waals surface area contributed by atoms with Crippen LogP contribution in [-0.4, -0.2) is 5.11 Å². The molecule has 2 aromatic rings. The Kier molecular flexibility index (Phi) is 2.21. The van der Waals surface area contributed by atoms with E-state index in [1.165, 1.54) is 0 Å². The second-order valence-corrected chi connectivity index (χ2v) is 3.40. The van der Waals surface area contributed by atoms with Crippen LogP contribution >= 0.6 is 0 Å². The number of phenols is 1. The first-order chi connectivity index (χ1) is 7.16. The van der Waals surface area contributed by atoms with Gasteiger partial charge in [0, 0.05) is 16.9 Å². The third kappa shape index (κ3) is 1.86. The second-order valence-electron chi connectivity index (χ2n) is 3.40. The molecule has 0 unspecified atom stereocenters. The van der Waals surface area contributed by atoms with Crippen LogP contribution in [0.2, 0.25) is 0 Å². The van der Waals surface area contributed by atoms with Crippen LogP contribution in [0.3, 0.4) is 0 Å². The lowest BCUT2D eigenvalue weighted by Gasteiger charge is -2.07. The molecule has 15 heavy (non-hydrogen) atoms. The number of aromatic hydroxyl groups is 1. The van der Waals surface area contributed by atoms with Crippen molar-refractivity contribution in [2.75, 3.05) is 11.5 Å². The molecule has 0 fully saturated rings. The first-order valence-corrected chi connectivity index (χ1v) is 4.61. The zero-order valence-corrected chi connectivity index (χ0v) is 8.14. The van der Waals surface area contributed by atoms with E-state index in [4.69, 9.17) is 11.5 Å². The van der Waals surface area contributed by atoms with E-state index in [2.05, 4.69) is 0 Å². The molecule has 0 aliphatic heterocycles. The van der Waals surface area contributed by atoms with Crippen LogP contribution in [0.1, 0.15) is 0 Å². The summed E-state index contributed by atoms with van der Waals surface area (Å²) in [6, 6.07) is 12.2. The molecule has 0 atom stereocenters. The minimum Gasteiger partial charge on any atom is -0.508 e. The van der Waals surface area contributed by atoms with Gasteiger partial charge in [-0.1, -0.05) is 12.1 Å². The molecule has 0 saturated carbocycles. The summed E-state index contributed by atoms with van der Waals surface area (Å²) in [6.45, 7) is 0. The largest absolute Gasteiger partial charge is 0.508 e. The highest BCUT2D eigenvalue weighted by molar-refractivity contribution is 5.79. The van der Waals surface area contributed by atoms with Crippen molar-refractivity contribution >= 4 is 11.4 Å². The van der Waals surface area contributed by atoms with Crippen molar-refractivity contribution in [3.63, 3.8) is 0 Å². The predicted molar refractivity (Wildman–Crippen MR) is 62.4 cm³/mol. The molecule has 5 N–H and O–H groups in total. The summed E-state index contributed by atoms with van der Waals surface area (Å²) in [6.07, 6.45) is 0. The second kappa shape index (κ2) is 3.53. The number of nitrogens with two attached hydrogens (primary N) is 2. The van der Waals surface area contributed by atoms with Gasteiger partial charge in [0.25, 0.3) is 0 Å². The molecule has 0 heterocycles. The standard InChI is InChI=1S/C12H12N2O/c13-9-4-5-12(14)11(7-9)8-2-1-3-10(15)6-8/h1-7,15H,13-14H2. The monoisotopic (exact) mass is 200 g/mol. The van der Waals surface area contributed by atoms with Crippen molar-refractivity contribution in [1.29, 1.82) is 0 Å². The number of nitrogen functional groups attached to an aromatic ring is 2. The van der Waals surface area contributed by atoms with Gasteiger partial charge in [-0.15, -0.1) is 0 Å². The fourth-order valence-electron chi connectivity index (χ4n) is 1.50. The Morgan fingerprint density at radius 3 is 2.47 bits per heavy atom. The van der Waals surface area contributed by atoms with Gasteiger partial charge in [0.15, 0.2) is 0 Å². The topological polar surface area (TPSA) is 72.3 Å². The van der Waals surface area contributed by atoms with E-state index >= 15 is 0 Å². The Morgan fingerprint density at radius 1 is 0.933 bits per heavy atom. The van der Waals surface area contributed by atoms with Crippen molar-refractivity contribution in [2.45, 2.75) is 0 Å². The lowest BCUT2D eigenvalue weighted by molar-refractivity contribution is 0.475. The molecule has 0 saturated heterocycles. The van der Waals surface area contributed by atoms with E-state index in [1.54, 1.807) is 36.4 Å². The maximum atomic E-state index is 9.36.